The summed E-state index contributed by atoms with van der Waals surface area (Å²) >= 11 is -0.139. The molecule has 0 spiro atoms. The van der Waals surface area contributed by atoms with Crippen LogP contribution in [0.2, 0.25) is 0 Å². The number of thioether (sulfide) groups is 1. The molecular weight excluding hydrogens is 237 g/mol. The van der Waals surface area contributed by atoms with Crippen LogP contribution >= 0.6 is 11.8 Å². The summed E-state index contributed by atoms with van der Waals surface area (Å²) in [5.74, 6) is 0.460. The number of halogens is 3. The molecule has 5 heteroatoms. The summed E-state index contributed by atoms with van der Waals surface area (Å²) in [6, 6.07) is 5.95. The third-order valence-electron chi connectivity index (χ3n) is 1.35. The number of hydrogen-bond acceptors (Lipinski definition) is 2. The van der Waals surface area contributed by atoms with Gasteiger partial charge in [-0.2, -0.15) is 13.2 Å². The van der Waals surface area contributed by atoms with Crippen molar-refractivity contribution in [1.82, 2.24) is 0 Å². The van der Waals surface area contributed by atoms with E-state index in [1.165, 1.54) is 12.1 Å². The molecule has 0 aliphatic rings. The number of rotatable bonds is 3. The topological polar surface area (TPSA) is 9.23 Å². The van der Waals surface area contributed by atoms with Crippen LogP contribution in [0.25, 0.3) is 0 Å². The summed E-state index contributed by atoms with van der Waals surface area (Å²) < 4.78 is 41.0. The number of hydrogen-bond donors (Lipinski definition) is 0. The molecule has 0 radical (unpaired) electrons. The Labute approximate surface area is 98.0 Å². The second-order valence-electron chi connectivity index (χ2n) is 2.46. The molecule has 0 atom stereocenters. The second-order valence-corrected chi connectivity index (χ2v) is 3.59. The van der Waals surface area contributed by atoms with Crippen LogP contribution in [-0.4, -0.2) is 12.1 Å². The maximum absolute atomic E-state index is 12.0. The van der Waals surface area contributed by atoms with Crippen molar-refractivity contribution in [3.05, 3.63) is 24.3 Å². The van der Waals surface area contributed by atoms with E-state index in [2.05, 4.69) is 0 Å². The van der Waals surface area contributed by atoms with Crippen LogP contribution in [0.3, 0.4) is 0 Å². The van der Waals surface area contributed by atoms with Gasteiger partial charge >= 0.3 is 5.51 Å². The van der Waals surface area contributed by atoms with E-state index in [0.29, 0.717) is 12.4 Å². The molecule has 0 saturated carbocycles. The van der Waals surface area contributed by atoms with Gasteiger partial charge in [0.15, 0.2) is 0 Å². The van der Waals surface area contributed by atoms with Crippen LogP contribution in [0.1, 0.15) is 20.8 Å². The first kappa shape index (κ1) is 15.2. The van der Waals surface area contributed by atoms with Gasteiger partial charge in [-0.15, -0.1) is 0 Å². The van der Waals surface area contributed by atoms with Crippen LogP contribution in [0.5, 0.6) is 5.75 Å². The molecule has 1 rings (SSSR count). The standard InChI is InChI=1S/C9H9F3OS.C2H6/c1-2-13-7-4-3-5-8(6-7)14-9(10,11)12;1-2/h3-6H,2H2,1H3;1-2H3. The average molecular weight is 252 g/mol. The zero-order valence-electron chi connectivity index (χ0n) is 9.47. The monoisotopic (exact) mass is 252 g/mol. The Morgan fingerprint density at radius 2 is 1.88 bits per heavy atom. The molecule has 16 heavy (non-hydrogen) atoms. The van der Waals surface area contributed by atoms with Gasteiger partial charge in [-0.05, 0) is 36.9 Å². The van der Waals surface area contributed by atoms with Crippen LogP contribution in [0.4, 0.5) is 13.2 Å². The van der Waals surface area contributed by atoms with Crippen molar-refractivity contribution in [3.63, 3.8) is 0 Å². The molecule has 0 saturated heterocycles. The van der Waals surface area contributed by atoms with Gasteiger partial charge in [0.1, 0.15) is 5.75 Å². The Hall–Kier alpha value is -0.840. The molecule has 0 N–H and O–H groups in total. The lowest BCUT2D eigenvalue weighted by Gasteiger charge is -2.07. The van der Waals surface area contributed by atoms with Gasteiger partial charge in [-0.3, -0.25) is 0 Å². The SMILES string of the molecule is CC.CCOc1cccc(SC(F)(F)F)c1. The minimum Gasteiger partial charge on any atom is -0.494 e. The Balaban J connectivity index is 0.00000106. The van der Waals surface area contributed by atoms with Crippen molar-refractivity contribution >= 4 is 11.8 Å². The van der Waals surface area contributed by atoms with Gasteiger partial charge in [-0.25, -0.2) is 0 Å². The lowest BCUT2D eigenvalue weighted by molar-refractivity contribution is -0.0328. The molecule has 0 fully saturated rings. The third-order valence-corrected chi connectivity index (χ3v) is 2.07. The molecule has 0 aliphatic carbocycles. The first-order chi connectivity index (χ1) is 7.51. The Bertz CT molecular complexity index is 300. The Kier molecular flexibility index (Phi) is 7.05. The highest BCUT2D eigenvalue weighted by Gasteiger charge is 2.29. The summed E-state index contributed by atoms with van der Waals surface area (Å²) in [5.41, 5.74) is -4.25. The third kappa shape index (κ3) is 6.61. The summed E-state index contributed by atoms with van der Waals surface area (Å²) in [6.07, 6.45) is 0. The number of benzene rings is 1. The molecule has 0 aromatic heterocycles. The molecule has 0 aliphatic heterocycles. The van der Waals surface area contributed by atoms with Crippen molar-refractivity contribution in [1.29, 1.82) is 0 Å². The van der Waals surface area contributed by atoms with Crippen LogP contribution in [-0.2, 0) is 0 Å². The van der Waals surface area contributed by atoms with Crippen molar-refractivity contribution in [3.8, 4) is 5.75 Å². The first-order valence-corrected chi connectivity index (χ1v) is 5.81. The quantitative estimate of drug-likeness (QED) is 0.720. The van der Waals surface area contributed by atoms with E-state index in [1.807, 2.05) is 13.8 Å². The fraction of sp³-hybridized carbons (Fsp3) is 0.455. The van der Waals surface area contributed by atoms with E-state index >= 15 is 0 Å². The minimum absolute atomic E-state index is 0.139. The van der Waals surface area contributed by atoms with E-state index in [1.54, 1.807) is 19.1 Å². The smallest absolute Gasteiger partial charge is 0.446 e. The highest BCUT2D eigenvalue weighted by atomic mass is 32.2. The normalized spacial score (nSPS) is 10.4. The number of ether oxygens (including phenoxy) is 1. The van der Waals surface area contributed by atoms with E-state index in [0.717, 1.165) is 0 Å². The highest BCUT2D eigenvalue weighted by Crippen LogP contribution is 2.37. The maximum atomic E-state index is 12.0. The van der Waals surface area contributed by atoms with Crippen molar-refractivity contribution in [2.75, 3.05) is 6.61 Å². The molecule has 1 aromatic carbocycles. The maximum Gasteiger partial charge on any atom is 0.446 e. The van der Waals surface area contributed by atoms with Crippen molar-refractivity contribution in [2.24, 2.45) is 0 Å². The number of alkyl halides is 3. The average Bonchev–Trinajstić information content (AvgIpc) is 2.19. The lowest BCUT2D eigenvalue weighted by atomic mass is 10.3. The largest absolute Gasteiger partial charge is 0.494 e. The van der Waals surface area contributed by atoms with Crippen molar-refractivity contribution in [2.45, 2.75) is 31.2 Å². The summed E-state index contributed by atoms with van der Waals surface area (Å²) in [6.45, 7) is 6.23. The zero-order chi connectivity index (χ0) is 12.6. The summed E-state index contributed by atoms with van der Waals surface area (Å²) in [5, 5.41) is 0. The summed E-state index contributed by atoms with van der Waals surface area (Å²) in [4.78, 5) is 0.142. The predicted octanol–water partition coefficient (Wildman–Crippen LogP) is 4.72. The van der Waals surface area contributed by atoms with Gasteiger partial charge in [0.2, 0.25) is 0 Å². The van der Waals surface area contributed by atoms with Gasteiger partial charge in [0, 0.05) is 4.90 Å². The molecular formula is C11H15F3OS. The molecule has 0 amide bonds. The molecule has 1 nitrogen and oxygen atoms in total. The second kappa shape index (κ2) is 7.44. The van der Waals surface area contributed by atoms with E-state index in [9.17, 15) is 13.2 Å². The Morgan fingerprint density at radius 3 is 2.38 bits per heavy atom. The fourth-order valence-electron chi connectivity index (χ4n) is 0.928. The van der Waals surface area contributed by atoms with Crippen LogP contribution < -0.4 is 4.74 Å². The molecule has 0 bridgehead atoms. The minimum atomic E-state index is -4.25. The molecule has 0 heterocycles. The van der Waals surface area contributed by atoms with E-state index in [-0.39, 0.29) is 16.7 Å². The van der Waals surface area contributed by atoms with Crippen molar-refractivity contribution < 1.29 is 17.9 Å². The fourth-order valence-corrected chi connectivity index (χ4v) is 1.52. The predicted molar refractivity (Wildman–Crippen MR) is 60.9 cm³/mol. The molecule has 0 unspecified atom stereocenters. The lowest BCUT2D eigenvalue weighted by Crippen LogP contribution is -1.99. The van der Waals surface area contributed by atoms with Crippen LogP contribution in [0.15, 0.2) is 29.2 Å². The van der Waals surface area contributed by atoms with Gasteiger partial charge < -0.3 is 4.74 Å². The Morgan fingerprint density at radius 1 is 1.25 bits per heavy atom. The van der Waals surface area contributed by atoms with Gasteiger partial charge in [-0.1, -0.05) is 19.9 Å². The van der Waals surface area contributed by atoms with Crippen LogP contribution in [0, 0.1) is 0 Å². The van der Waals surface area contributed by atoms with Gasteiger partial charge in [0.25, 0.3) is 0 Å². The van der Waals surface area contributed by atoms with E-state index in [4.69, 9.17) is 4.74 Å². The first-order valence-electron chi connectivity index (χ1n) is 5.00. The van der Waals surface area contributed by atoms with Gasteiger partial charge in [0.05, 0.1) is 6.61 Å². The van der Waals surface area contributed by atoms with E-state index < -0.39 is 5.51 Å². The zero-order valence-corrected chi connectivity index (χ0v) is 10.3. The highest BCUT2D eigenvalue weighted by molar-refractivity contribution is 8.00. The summed E-state index contributed by atoms with van der Waals surface area (Å²) in [7, 11) is 0. The molecule has 1 aromatic rings. The molecule has 92 valence electrons.